The number of hydrogen-bond donors (Lipinski definition) is 0. The molecule has 1 aliphatic carbocycles. The predicted molar refractivity (Wildman–Crippen MR) is 81.8 cm³/mol. The Morgan fingerprint density at radius 3 is 2.55 bits per heavy atom. The summed E-state index contributed by atoms with van der Waals surface area (Å²) < 4.78 is 14.2. The summed E-state index contributed by atoms with van der Waals surface area (Å²) in [7, 11) is 3.72. The molecular weight excluding hydrogens is 279 g/mol. The monoisotopic (exact) mass is 298 g/mol. The number of carbonyl (C=O) groups is 1. The van der Waals surface area contributed by atoms with Crippen molar-refractivity contribution in [3.05, 3.63) is 22.5 Å². The van der Waals surface area contributed by atoms with Crippen LogP contribution < -0.4 is 9.80 Å². The average molecular weight is 299 g/mol. The number of nitrogens with zero attached hydrogens (tertiary/aromatic N) is 2. The van der Waals surface area contributed by atoms with Crippen LogP contribution in [0.15, 0.2) is 6.07 Å². The van der Waals surface area contributed by atoms with Gasteiger partial charge in [-0.15, -0.1) is 0 Å². The van der Waals surface area contributed by atoms with Gasteiger partial charge in [-0.05, 0) is 25.3 Å². The first-order valence-electron chi connectivity index (χ1n) is 6.92. The fourth-order valence-corrected chi connectivity index (χ4v) is 2.98. The lowest BCUT2D eigenvalue weighted by Crippen LogP contribution is -2.24. The van der Waals surface area contributed by atoms with E-state index >= 15 is 0 Å². The maximum absolute atomic E-state index is 14.2. The maximum atomic E-state index is 14.2. The molecule has 1 saturated carbocycles. The largest absolute Gasteiger partial charge is 0.371 e. The van der Waals surface area contributed by atoms with Crippen molar-refractivity contribution in [2.75, 3.05) is 30.4 Å². The van der Waals surface area contributed by atoms with Crippen LogP contribution in [0.4, 0.5) is 15.8 Å². The van der Waals surface area contributed by atoms with Crippen LogP contribution in [0.25, 0.3) is 0 Å². The van der Waals surface area contributed by atoms with Crippen LogP contribution in [0, 0.1) is 5.82 Å². The number of aldehydes is 1. The molecule has 0 amide bonds. The van der Waals surface area contributed by atoms with Crippen LogP contribution in [0.5, 0.6) is 0 Å². The summed E-state index contributed by atoms with van der Waals surface area (Å²) in [6.07, 6.45) is 3.74. The van der Waals surface area contributed by atoms with Crippen molar-refractivity contribution < 1.29 is 9.18 Å². The molecule has 0 bridgehead atoms. The summed E-state index contributed by atoms with van der Waals surface area (Å²) in [4.78, 5) is 15.0. The van der Waals surface area contributed by atoms with E-state index < -0.39 is 5.82 Å². The average Bonchev–Trinajstić information content (AvgIpc) is 3.21. The minimum Gasteiger partial charge on any atom is -0.371 e. The Morgan fingerprint density at radius 2 is 2.05 bits per heavy atom. The van der Waals surface area contributed by atoms with Crippen molar-refractivity contribution in [2.24, 2.45) is 0 Å². The molecular formula is C15H20ClFN2O. The SMILES string of the molecule is CCCN(C)c1c(F)cc(C=O)c(N(C)C2CC2)c1Cl. The third kappa shape index (κ3) is 2.75. The Kier molecular flexibility index (Phi) is 4.53. The van der Waals surface area contributed by atoms with Gasteiger partial charge in [-0.1, -0.05) is 18.5 Å². The van der Waals surface area contributed by atoms with E-state index in [9.17, 15) is 9.18 Å². The van der Waals surface area contributed by atoms with Gasteiger partial charge in [0.25, 0.3) is 0 Å². The molecule has 0 aromatic heterocycles. The van der Waals surface area contributed by atoms with E-state index in [0.717, 1.165) is 19.3 Å². The van der Waals surface area contributed by atoms with Gasteiger partial charge < -0.3 is 9.80 Å². The molecule has 20 heavy (non-hydrogen) atoms. The molecule has 1 aromatic rings. The third-order valence-corrected chi connectivity index (χ3v) is 4.07. The predicted octanol–water partition coefficient (Wildman–Crippen LogP) is 3.74. The Morgan fingerprint density at radius 1 is 1.40 bits per heavy atom. The van der Waals surface area contributed by atoms with Crippen molar-refractivity contribution in [3.63, 3.8) is 0 Å². The molecule has 0 heterocycles. The van der Waals surface area contributed by atoms with Gasteiger partial charge in [0.2, 0.25) is 0 Å². The molecule has 2 rings (SSSR count). The number of hydrogen-bond acceptors (Lipinski definition) is 3. The van der Waals surface area contributed by atoms with Gasteiger partial charge in [0.15, 0.2) is 6.29 Å². The first-order valence-corrected chi connectivity index (χ1v) is 7.30. The van der Waals surface area contributed by atoms with Crippen LogP contribution in [-0.4, -0.2) is 33.0 Å². The lowest BCUT2D eigenvalue weighted by Gasteiger charge is -2.27. The molecule has 0 unspecified atom stereocenters. The standard InChI is InChI=1S/C15H20ClFN2O/c1-4-7-18(2)15-12(17)8-10(9-20)14(13(15)16)19(3)11-5-6-11/h8-9,11H,4-7H2,1-3H3. The molecule has 0 saturated heterocycles. The lowest BCUT2D eigenvalue weighted by atomic mass is 10.1. The lowest BCUT2D eigenvalue weighted by molar-refractivity contribution is 0.112. The quantitative estimate of drug-likeness (QED) is 0.748. The minimum atomic E-state index is -0.444. The van der Waals surface area contributed by atoms with Crippen molar-refractivity contribution in [2.45, 2.75) is 32.2 Å². The number of halogens is 2. The molecule has 1 aliphatic rings. The molecule has 1 aromatic carbocycles. The Bertz CT molecular complexity index is 517. The summed E-state index contributed by atoms with van der Waals surface area (Å²) in [5, 5.41) is 0.331. The minimum absolute atomic E-state index is 0.315. The molecule has 0 atom stereocenters. The number of benzene rings is 1. The first-order chi connectivity index (χ1) is 9.51. The highest BCUT2D eigenvalue weighted by atomic mass is 35.5. The van der Waals surface area contributed by atoms with Crippen LogP contribution in [-0.2, 0) is 0 Å². The molecule has 5 heteroatoms. The highest BCUT2D eigenvalue weighted by Gasteiger charge is 2.31. The molecule has 0 aliphatic heterocycles. The fraction of sp³-hybridized carbons (Fsp3) is 0.533. The van der Waals surface area contributed by atoms with Crippen LogP contribution in [0.2, 0.25) is 5.02 Å². The molecule has 0 N–H and O–H groups in total. The number of carbonyl (C=O) groups excluding carboxylic acids is 1. The van der Waals surface area contributed by atoms with E-state index in [4.69, 9.17) is 11.6 Å². The van der Waals surface area contributed by atoms with Gasteiger partial charge in [-0.3, -0.25) is 4.79 Å². The van der Waals surface area contributed by atoms with Gasteiger partial charge >= 0.3 is 0 Å². The topological polar surface area (TPSA) is 23.6 Å². The van der Waals surface area contributed by atoms with E-state index in [2.05, 4.69) is 0 Å². The fourth-order valence-electron chi connectivity index (χ4n) is 2.51. The molecule has 3 nitrogen and oxygen atoms in total. The summed E-state index contributed by atoms with van der Waals surface area (Å²) in [5.41, 5.74) is 1.33. The van der Waals surface area contributed by atoms with E-state index in [-0.39, 0.29) is 0 Å². The van der Waals surface area contributed by atoms with Gasteiger partial charge in [-0.25, -0.2) is 4.39 Å². The van der Waals surface area contributed by atoms with E-state index in [1.165, 1.54) is 6.07 Å². The summed E-state index contributed by atoms with van der Waals surface area (Å²) in [5.74, 6) is -0.444. The Labute approximate surface area is 124 Å². The summed E-state index contributed by atoms with van der Waals surface area (Å²) >= 11 is 6.41. The van der Waals surface area contributed by atoms with E-state index in [1.807, 2.05) is 25.9 Å². The van der Waals surface area contributed by atoms with Crippen LogP contribution in [0.3, 0.4) is 0 Å². The normalized spacial score (nSPS) is 14.2. The zero-order valence-electron chi connectivity index (χ0n) is 12.1. The molecule has 110 valence electrons. The zero-order chi connectivity index (χ0) is 14.9. The maximum Gasteiger partial charge on any atom is 0.152 e. The van der Waals surface area contributed by atoms with Crippen LogP contribution >= 0.6 is 11.6 Å². The Balaban J connectivity index is 2.53. The number of anilines is 2. The van der Waals surface area contributed by atoms with Gasteiger partial charge in [0.05, 0.1) is 16.4 Å². The van der Waals surface area contributed by atoms with Crippen molar-refractivity contribution >= 4 is 29.3 Å². The van der Waals surface area contributed by atoms with Gasteiger partial charge in [0.1, 0.15) is 5.82 Å². The van der Waals surface area contributed by atoms with Crippen molar-refractivity contribution in [1.82, 2.24) is 0 Å². The van der Waals surface area contributed by atoms with E-state index in [0.29, 0.717) is 40.8 Å². The number of rotatable bonds is 6. The van der Waals surface area contributed by atoms with E-state index in [1.54, 1.807) is 4.90 Å². The smallest absolute Gasteiger partial charge is 0.152 e. The summed E-state index contributed by atoms with van der Waals surface area (Å²) in [6.45, 7) is 2.74. The highest BCUT2D eigenvalue weighted by Crippen LogP contribution is 2.42. The third-order valence-electron chi connectivity index (χ3n) is 3.71. The van der Waals surface area contributed by atoms with Crippen LogP contribution in [0.1, 0.15) is 36.5 Å². The first kappa shape index (κ1) is 15.1. The van der Waals surface area contributed by atoms with Crippen molar-refractivity contribution in [3.8, 4) is 0 Å². The highest BCUT2D eigenvalue weighted by molar-refractivity contribution is 6.36. The zero-order valence-corrected chi connectivity index (χ0v) is 12.9. The molecule has 1 fully saturated rings. The van der Waals surface area contributed by atoms with Gasteiger partial charge in [-0.2, -0.15) is 0 Å². The summed E-state index contributed by atoms with van der Waals surface area (Å²) in [6, 6.07) is 1.69. The second-order valence-electron chi connectivity index (χ2n) is 5.34. The second kappa shape index (κ2) is 6.00. The molecule has 0 spiro atoms. The Hall–Kier alpha value is -1.29. The molecule has 0 radical (unpaired) electrons. The second-order valence-corrected chi connectivity index (χ2v) is 5.72. The van der Waals surface area contributed by atoms with Gasteiger partial charge in [0, 0.05) is 32.2 Å². The van der Waals surface area contributed by atoms with Crippen molar-refractivity contribution in [1.29, 1.82) is 0 Å².